The van der Waals surface area contributed by atoms with E-state index in [2.05, 4.69) is 27.3 Å². The molecule has 20 heavy (non-hydrogen) atoms. The molecule has 5 heteroatoms. The molecule has 1 aromatic carbocycles. The van der Waals surface area contributed by atoms with Gasteiger partial charge < -0.3 is 5.32 Å². The highest BCUT2D eigenvalue weighted by Crippen LogP contribution is 2.25. The fourth-order valence-corrected chi connectivity index (χ4v) is 2.53. The Balaban J connectivity index is 1.55. The SMILES string of the molecule is CCN(CCNC(=O)c1ccc2cn[nH]c2c1)C1CC1. The van der Waals surface area contributed by atoms with E-state index in [9.17, 15) is 4.79 Å². The van der Waals surface area contributed by atoms with Crippen LogP contribution in [0.25, 0.3) is 10.9 Å². The van der Waals surface area contributed by atoms with E-state index < -0.39 is 0 Å². The van der Waals surface area contributed by atoms with E-state index in [-0.39, 0.29) is 5.91 Å². The van der Waals surface area contributed by atoms with Gasteiger partial charge in [0.25, 0.3) is 5.91 Å². The molecule has 0 saturated heterocycles. The summed E-state index contributed by atoms with van der Waals surface area (Å²) >= 11 is 0. The van der Waals surface area contributed by atoms with Crippen LogP contribution in [0, 0.1) is 0 Å². The zero-order valence-electron chi connectivity index (χ0n) is 11.7. The van der Waals surface area contributed by atoms with Crippen molar-refractivity contribution >= 4 is 16.8 Å². The van der Waals surface area contributed by atoms with Gasteiger partial charge in [0.2, 0.25) is 0 Å². The number of carbonyl (C=O) groups is 1. The molecule has 0 atom stereocenters. The van der Waals surface area contributed by atoms with E-state index in [1.807, 2.05) is 18.2 Å². The number of rotatable bonds is 6. The molecule has 3 rings (SSSR count). The quantitative estimate of drug-likeness (QED) is 0.842. The highest BCUT2D eigenvalue weighted by atomic mass is 16.1. The molecule has 0 unspecified atom stereocenters. The lowest BCUT2D eigenvalue weighted by Gasteiger charge is -2.19. The number of nitrogens with one attached hydrogen (secondary N) is 2. The molecule has 0 radical (unpaired) electrons. The monoisotopic (exact) mass is 272 g/mol. The summed E-state index contributed by atoms with van der Waals surface area (Å²) in [7, 11) is 0. The second-order valence-electron chi connectivity index (χ2n) is 5.29. The Kier molecular flexibility index (Phi) is 3.69. The predicted octanol–water partition coefficient (Wildman–Crippen LogP) is 1.78. The highest BCUT2D eigenvalue weighted by molar-refractivity contribution is 5.97. The maximum Gasteiger partial charge on any atom is 0.251 e. The summed E-state index contributed by atoms with van der Waals surface area (Å²) in [5.74, 6) is -0.0200. The Morgan fingerprint density at radius 1 is 1.50 bits per heavy atom. The normalized spacial score (nSPS) is 14.9. The van der Waals surface area contributed by atoms with Gasteiger partial charge in [-0.05, 0) is 31.5 Å². The van der Waals surface area contributed by atoms with Gasteiger partial charge >= 0.3 is 0 Å². The Labute approximate surface area is 118 Å². The van der Waals surface area contributed by atoms with Crippen LogP contribution in [-0.2, 0) is 0 Å². The summed E-state index contributed by atoms with van der Waals surface area (Å²) in [6, 6.07) is 6.34. The summed E-state index contributed by atoms with van der Waals surface area (Å²) in [4.78, 5) is 14.5. The van der Waals surface area contributed by atoms with E-state index in [0.717, 1.165) is 30.0 Å². The molecule has 0 bridgehead atoms. The number of fused-ring (bicyclic) bond motifs is 1. The molecule has 1 fully saturated rings. The average Bonchev–Trinajstić information content (AvgIpc) is 3.19. The maximum absolute atomic E-state index is 12.1. The van der Waals surface area contributed by atoms with Crippen molar-refractivity contribution in [3.8, 4) is 0 Å². The molecular formula is C15H20N4O. The van der Waals surface area contributed by atoms with Crippen molar-refractivity contribution in [3.63, 3.8) is 0 Å². The van der Waals surface area contributed by atoms with Crippen molar-refractivity contribution in [1.82, 2.24) is 20.4 Å². The minimum absolute atomic E-state index is 0.0200. The molecule has 5 nitrogen and oxygen atoms in total. The van der Waals surface area contributed by atoms with Gasteiger partial charge in [0, 0.05) is 30.1 Å². The molecule has 0 aliphatic heterocycles. The van der Waals surface area contributed by atoms with Crippen LogP contribution >= 0.6 is 0 Å². The molecular weight excluding hydrogens is 252 g/mol. The third-order valence-electron chi connectivity index (χ3n) is 3.86. The van der Waals surface area contributed by atoms with E-state index >= 15 is 0 Å². The van der Waals surface area contributed by atoms with Crippen molar-refractivity contribution in [3.05, 3.63) is 30.0 Å². The van der Waals surface area contributed by atoms with Crippen LogP contribution in [0.5, 0.6) is 0 Å². The minimum Gasteiger partial charge on any atom is -0.351 e. The van der Waals surface area contributed by atoms with Gasteiger partial charge in [-0.25, -0.2) is 0 Å². The number of benzene rings is 1. The first-order chi connectivity index (χ1) is 9.78. The predicted molar refractivity (Wildman–Crippen MR) is 78.7 cm³/mol. The van der Waals surface area contributed by atoms with E-state index in [1.54, 1.807) is 6.20 Å². The lowest BCUT2D eigenvalue weighted by molar-refractivity contribution is 0.0948. The van der Waals surface area contributed by atoms with Gasteiger partial charge in [-0.3, -0.25) is 14.8 Å². The maximum atomic E-state index is 12.1. The number of aromatic nitrogens is 2. The summed E-state index contributed by atoms with van der Waals surface area (Å²) in [5.41, 5.74) is 1.57. The standard InChI is InChI=1S/C15H20N4O/c1-2-19(13-5-6-13)8-7-16-15(20)11-3-4-12-10-17-18-14(12)9-11/h3-4,9-10,13H,2,5-8H2,1H3,(H,16,20)(H,17,18). The number of amides is 1. The minimum atomic E-state index is -0.0200. The molecule has 1 saturated carbocycles. The second-order valence-corrected chi connectivity index (χ2v) is 5.29. The molecule has 1 aliphatic rings. The highest BCUT2D eigenvalue weighted by Gasteiger charge is 2.27. The Hall–Kier alpha value is -1.88. The van der Waals surface area contributed by atoms with Crippen molar-refractivity contribution in [2.24, 2.45) is 0 Å². The second kappa shape index (κ2) is 5.63. The van der Waals surface area contributed by atoms with Crippen LogP contribution in [0.15, 0.2) is 24.4 Å². The third kappa shape index (κ3) is 2.82. The lowest BCUT2D eigenvalue weighted by atomic mass is 10.1. The largest absolute Gasteiger partial charge is 0.351 e. The van der Waals surface area contributed by atoms with Gasteiger partial charge in [0.15, 0.2) is 0 Å². The van der Waals surface area contributed by atoms with Gasteiger partial charge in [0.1, 0.15) is 0 Å². The van der Waals surface area contributed by atoms with Gasteiger partial charge in [-0.15, -0.1) is 0 Å². The Morgan fingerprint density at radius 2 is 2.35 bits per heavy atom. The molecule has 1 aromatic heterocycles. The average molecular weight is 272 g/mol. The fraction of sp³-hybridized carbons (Fsp3) is 0.467. The van der Waals surface area contributed by atoms with Crippen molar-refractivity contribution in [2.45, 2.75) is 25.8 Å². The van der Waals surface area contributed by atoms with Crippen LogP contribution in [-0.4, -0.2) is 46.7 Å². The van der Waals surface area contributed by atoms with Gasteiger partial charge in [-0.2, -0.15) is 5.10 Å². The number of aromatic amines is 1. The molecule has 106 valence electrons. The molecule has 1 amide bonds. The summed E-state index contributed by atoms with van der Waals surface area (Å²) in [6.45, 7) is 4.86. The third-order valence-corrected chi connectivity index (χ3v) is 3.86. The summed E-state index contributed by atoms with van der Waals surface area (Å²) in [5, 5.41) is 10.9. The summed E-state index contributed by atoms with van der Waals surface area (Å²) < 4.78 is 0. The first kappa shape index (κ1) is 13.1. The number of hydrogen-bond donors (Lipinski definition) is 2. The van der Waals surface area contributed by atoms with Crippen LogP contribution in [0.1, 0.15) is 30.1 Å². The molecule has 2 aromatic rings. The van der Waals surface area contributed by atoms with Crippen LogP contribution in [0.2, 0.25) is 0 Å². The molecule has 0 spiro atoms. The number of H-pyrrole nitrogens is 1. The number of hydrogen-bond acceptors (Lipinski definition) is 3. The summed E-state index contributed by atoms with van der Waals surface area (Å²) in [6.07, 6.45) is 4.36. The van der Waals surface area contributed by atoms with Crippen LogP contribution in [0.4, 0.5) is 0 Å². The number of likely N-dealkylation sites (N-methyl/N-ethyl adjacent to an activating group) is 1. The van der Waals surface area contributed by atoms with Crippen LogP contribution in [0.3, 0.4) is 0 Å². The smallest absolute Gasteiger partial charge is 0.251 e. The van der Waals surface area contributed by atoms with E-state index in [0.29, 0.717) is 12.1 Å². The molecule has 1 aliphatic carbocycles. The topological polar surface area (TPSA) is 61.0 Å². The molecule has 1 heterocycles. The zero-order chi connectivity index (χ0) is 13.9. The fourth-order valence-electron chi connectivity index (χ4n) is 2.53. The number of nitrogens with zero attached hydrogens (tertiary/aromatic N) is 2. The van der Waals surface area contributed by atoms with E-state index in [4.69, 9.17) is 0 Å². The molecule has 2 N–H and O–H groups in total. The lowest BCUT2D eigenvalue weighted by Crippen LogP contribution is -2.36. The first-order valence-corrected chi connectivity index (χ1v) is 7.23. The Morgan fingerprint density at radius 3 is 3.10 bits per heavy atom. The van der Waals surface area contributed by atoms with Gasteiger partial charge in [-0.1, -0.05) is 13.0 Å². The van der Waals surface area contributed by atoms with Crippen molar-refractivity contribution in [1.29, 1.82) is 0 Å². The number of carbonyl (C=O) groups excluding carboxylic acids is 1. The van der Waals surface area contributed by atoms with Crippen LogP contribution < -0.4 is 5.32 Å². The van der Waals surface area contributed by atoms with Crippen molar-refractivity contribution < 1.29 is 4.79 Å². The first-order valence-electron chi connectivity index (χ1n) is 7.23. The Bertz CT molecular complexity index is 603. The van der Waals surface area contributed by atoms with Crippen molar-refractivity contribution in [2.75, 3.05) is 19.6 Å². The zero-order valence-corrected chi connectivity index (χ0v) is 11.7. The van der Waals surface area contributed by atoms with E-state index in [1.165, 1.54) is 12.8 Å². The van der Waals surface area contributed by atoms with Gasteiger partial charge in [0.05, 0.1) is 11.7 Å².